The molecule has 200 valence electrons. The summed E-state index contributed by atoms with van der Waals surface area (Å²) in [7, 11) is 0. The van der Waals surface area contributed by atoms with Gasteiger partial charge in [0.05, 0.1) is 18.5 Å². The highest BCUT2D eigenvalue weighted by Gasteiger charge is 2.33. The SMILES string of the molecule is Cl.N[C@@H](CC(=O)NC1CCN(C(c2ccc(F)cc2)c2ccc(F)cc2)C1)C(=O)N1Cc2ccccc2C1. The molecular weight excluding hydrogens is 510 g/mol. The molecular formula is C29H31ClF2N4O2. The molecule has 2 aliphatic rings. The van der Waals surface area contributed by atoms with Crippen LogP contribution in [0.2, 0.25) is 0 Å². The van der Waals surface area contributed by atoms with Crippen molar-refractivity contribution >= 4 is 24.2 Å². The Bertz CT molecular complexity index is 1200. The second-order valence-corrected chi connectivity index (χ2v) is 9.83. The van der Waals surface area contributed by atoms with Crippen LogP contribution in [0.15, 0.2) is 72.8 Å². The highest BCUT2D eigenvalue weighted by molar-refractivity contribution is 5.88. The number of nitrogens with two attached hydrogens (primary N) is 1. The number of fused-ring (bicyclic) bond motifs is 1. The zero-order valence-corrected chi connectivity index (χ0v) is 21.7. The number of rotatable bonds is 7. The molecule has 2 atom stereocenters. The summed E-state index contributed by atoms with van der Waals surface area (Å²) in [5, 5.41) is 3.03. The van der Waals surface area contributed by atoms with Crippen LogP contribution >= 0.6 is 12.4 Å². The van der Waals surface area contributed by atoms with Crippen molar-refractivity contribution in [3.05, 3.63) is 107 Å². The number of carbonyl (C=O) groups excluding carboxylic acids is 2. The lowest BCUT2D eigenvalue weighted by Crippen LogP contribution is -2.46. The molecule has 0 radical (unpaired) electrons. The lowest BCUT2D eigenvalue weighted by atomic mass is 9.97. The Balaban J connectivity index is 0.00000336. The van der Waals surface area contributed by atoms with Gasteiger partial charge in [-0.05, 0) is 52.9 Å². The molecule has 38 heavy (non-hydrogen) atoms. The molecule has 1 saturated heterocycles. The lowest BCUT2D eigenvalue weighted by Gasteiger charge is -2.29. The lowest BCUT2D eigenvalue weighted by molar-refractivity contribution is -0.135. The van der Waals surface area contributed by atoms with Gasteiger partial charge in [0.25, 0.3) is 0 Å². The first-order valence-corrected chi connectivity index (χ1v) is 12.5. The number of carbonyl (C=O) groups is 2. The fourth-order valence-corrected chi connectivity index (χ4v) is 5.34. The van der Waals surface area contributed by atoms with E-state index in [4.69, 9.17) is 5.73 Å². The van der Waals surface area contributed by atoms with Gasteiger partial charge in [-0.25, -0.2) is 8.78 Å². The predicted molar refractivity (Wildman–Crippen MR) is 143 cm³/mol. The smallest absolute Gasteiger partial charge is 0.240 e. The molecule has 5 rings (SSSR count). The van der Waals surface area contributed by atoms with Crippen molar-refractivity contribution in [3.63, 3.8) is 0 Å². The molecule has 2 amide bonds. The van der Waals surface area contributed by atoms with Gasteiger partial charge in [0.15, 0.2) is 0 Å². The maximum atomic E-state index is 13.6. The Morgan fingerprint density at radius 2 is 1.42 bits per heavy atom. The summed E-state index contributed by atoms with van der Waals surface area (Å²) in [6.07, 6.45) is 0.636. The van der Waals surface area contributed by atoms with Crippen molar-refractivity contribution in [1.82, 2.24) is 15.1 Å². The van der Waals surface area contributed by atoms with Crippen molar-refractivity contribution < 1.29 is 18.4 Å². The van der Waals surface area contributed by atoms with Crippen LogP contribution in [-0.4, -0.2) is 46.8 Å². The minimum atomic E-state index is -0.905. The number of hydrogen-bond donors (Lipinski definition) is 2. The van der Waals surface area contributed by atoms with E-state index >= 15 is 0 Å². The predicted octanol–water partition coefficient (Wildman–Crippen LogP) is 3.93. The molecule has 1 fully saturated rings. The van der Waals surface area contributed by atoms with E-state index in [0.29, 0.717) is 26.2 Å². The Labute approximate surface area is 227 Å². The number of nitrogens with zero attached hydrogens (tertiary/aromatic N) is 2. The normalized spacial score (nSPS) is 17.7. The number of amides is 2. The highest BCUT2D eigenvalue weighted by atomic mass is 35.5. The zero-order valence-electron chi connectivity index (χ0n) is 20.9. The van der Waals surface area contributed by atoms with E-state index in [2.05, 4.69) is 10.2 Å². The van der Waals surface area contributed by atoms with Gasteiger partial charge in [0.2, 0.25) is 11.8 Å². The van der Waals surface area contributed by atoms with E-state index in [1.54, 1.807) is 29.2 Å². The summed E-state index contributed by atoms with van der Waals surface area (Å²) in [5.41, 5.74) is 10.1. The van der Waals surface area contributed by atoms with Gasteiger partial charge < -0.3 is 16.0 Å². The summed E-state index contributed by atoms with van der Waals surface area (Å²) >= 11 is 0. The van der Waals surface area contributed by atoms with Crippen molar-refractivity contribution in [1.29, 1.82) is 0 Å². The third kappa shape index (κ3) is 6.20. The molecule has 2 heterocycles. The van der Waals surface area contributed by atoms with E-state index in [9.17, 15) is 18.4 Å². The first-order valence-electron chi connectivity index (χ1n) is 12.5. The molecule has 6 nitrogen and oxygen atoms in total. The van der Waals surface area contributed by atoms with E-state index in [1.165, 1.54) is 24.3 Å². The third-order valence-electron chi connectivity index (χ3n) is 7.20. The average Bonchev–Trinajstić information content (AvgIpc) is 3.53. The summed E-state index contributed by atoms with van der Waals surface area (Å²) in [4.78, 5) is 29.5. The van der Waals surface area contributed by atoms with E-state index in [-0.39, 0.29) is 54.4 Å². The van der Waals surface area contributed by atoms with Crippen LogP contribution in [0.3, 0.4) is 0 Å². The second-order valence-electron chi connectivity index (χ2n) is 9.83. The minimum absolute atomic E-state index is 0. The molecule has 3 aromatic carbocycles. The van der Waals surface area contributed by atoms with Gasteiger partial charge in [-0.15, -0.1) is 12.4 Å². The first kappa shape index (κ1) is 27.7. The van der Waals surface area contributed by atoms with Gasteiger partial charge in [-0.2, -0.15) is 0 Å². The molecule has 9 heteroatoms. The van der Waals surface area contributed by atoms with Gasteiger partial charge in [0.1, 0.15) is 11.6 Å². The summed E-state index contributed by atoms with van der Waals surface area (Å²) < 4.78 is 27.1. The molecule has 3 N–H and O–H groups in total. The van der Waals surface area contributed by atoms with Crippen LogP contribution in [0.4, 0.5) is 8.78 Å². The molecule has 2 aliphatic heterocycles. The molecule has 0 saturated carbocycles. The molecule has 0 aliphatic carbocycles. The number of likely N-dealkylation sites (tertiary alicyclic amines) is 1. The van der Waals surface area contributed by atoms with E-state index < -0.39 is 6.04 Å². The Kier molecular flexibility index (Phi) is 8.76. The van der Waals surface area contributed by atoms with Crippen molar-refractivity contribution in [2.45, 2.75) is 44.1 Å². The molecule has 0 bridgehead atoms. The maximum Gasteiger partial charge on any atom is 0.240 e. The fourth-order valence-electron chi connectivity index (χ4n) is 5.34. The van der Waals surface area contributed by atoms with Crippen molar-refractivity contribution in [3.8, 4) is 0 Å². The topological polar surface area (TPSA) is 78.7 Å². The standard InChI is InChI=1S/C29H30F2N4O2.ClH/c30-23-9-5-19(6-10-23)28(20-7-11-24(31)12-8-20)34-14-13-25(18-34)33-27(36)15-26(32)29(37)35-16-21-3-1-2-4-22(21)17-35;/h1-12,25-26,28H,13-18,32H2,(H,33,36);1H/t25?,26-;/m0./s1. The molecule has 3 aromatic rings. The highest BCUT2D eigenvalue weighted by Crippen LogP contribution is 2.32. The van der Waals surface area contributed by atoms with Crippen LogP contribution in [-0.2, 0) is 22.7 Å². The van der Waals surface area contributed by atoms with E-state index in [1.807, 2.05) is 24.3 Å². The first-order chi connectivity index (χ1) is 17.9. The second kappa shape index (κ2) is 12.0. The van der Waals surface area contributed by atoms with Gasteiger partial charge in [-0.3, -0.25) is 14.5 Å². The number of hydrogen-bond acceptors (Lipinski definition) is 4. The van der Waals surface area contributed by atoms with Crippen molar-refractivity contribution in [2.75, 3.05) is 13.1 Å². The van der Waals surface area contributed by atoms with Crippen LogP contribution in [0.1, 0.15) is 41.1 Å². The quantitative estimate of drug-likeness (QED) is 0.476. The number of nitrogens with one attached hydrogen (secondary N) is 1. The summed E-state index contributed by atoms with van der Waals surface area (Å²) in [5.74, 6) is -1.13. The Hall–Kier alpha value is -3.33. The maximum absolute atomic E-state index is 13.6. The Morgan fingerprint density at radius 3 is 1.95 bits per heavy atom. The number of halogens is 3. The molecule has 1 unspecified atom stereocenters. The van der Waals surface area contributed by atoms with Gasteiger partial charge in [0, 0.05) is 32.2 Å². The summed E-state index contributed by atoms with van der Waals surface area (Å²) in [6.45, 7) is 2.28. The van der Waals surface area contributed by atoms with Crippen LogP contribution < -0.4 is 11.1 Å². The fraction of sp³-hybridized carbons (Fsp3) is 0.310. The monoisotopic (exact) mass is 540 g/mol. The molecule has 0 spiro atoms. The largest absolute Gasteiger partial charge is 0.352 e. The Morgan fingerprint density at radius 1 is 0.895 bits per heavy atom. The average molecular weight is 541 g/mol. The van der Waals surface area contributed by atoms with Crippen LogP contribution in [0.5, 0.6) is 0 Å². The minimum Gasteiger partial charge on any atom is -0.352 e. The van der Waals surface area contributed by atoms with Crippen molar-refractivity contribution in [2.24, 2.45) is 5.73 Å². The summed E-state index contributed by atoms with van der Waals surface area (Å²) in [6, 6.07) is 19.3. The van der Waals surface area contributed by atoms with Gasteiger partial charge in [-0.1, -0.05) is 48.5 Å². The third-order valence-corrected chi connectivity index (χ3v) is 7.20. The van der Waals surface area contributed by atoms with Crippen LogP contribution in [0.25, 0.3) is 0 Å². The van der Waals surface area contributed by atoms with E-state index in [0.717, 1.165) is 28.7 Å². The van der Waals surface area contributed by atoms with Crippen LogP contribution in [0, 0.1) is 11.6 Å². The van der Waals surface area contributed by atoms with Gasteiger partial charge >= 0.3 is 0 Å². The molecule has 0 aromatic heterocycles. The number of benzene rings is 3. The zero-order chi connectivity index (χ0) is 25.9.